The normalized spacial score (nSPS) is 19.6. The lowest BCUT2D eigenvalue weighted by Crippen LogP contribution is -2.33. The van der Waals surface area contributed by atoms with Crippen molar-refractivity contribution >= 4 is 21.8 Å². The highest BCUT2D eigenvalue weighted by Gasteiger charge is 2.32. The Bertz CT molecular complexity index is 585. The van der Waals surface area contributed by atoms with Crippen molar-refractivity contribution in [1.29, 1.82) is 0 Å². The van der Waals surface area contributed by atoms with Gasteiger partial charge in [0.15, 0.2) is 0 Å². The summed E-state index contributed by atoms with van der Waals surface area (Å²) in [5.41, 5.74) is 1.80. The van der Waals surface area contributed by atoms with Crippen LogP contribution in [0.15, 0.2) is 24.3 Å². The number of nitrogens with zero attached hydrogens (tertiary/aromatic N) is 1. The molecule has 1 amide bonds. The standard InChI is InChI=1S/C12H16N2O4S/c1-9-4-3-5-10(6-9)14-8-11(18-12(14)15)7-13-19(2,16)17/h3-6,11,13H,7-8H2,1-2H3. The molecule has 104 valence electrons. The molecule has 0 spiro atoms. The zero-order chi connectivity index (χ0) is 14.0. The Labute approximate surface area is 112 Å². The SMILES string of the molecule is Cc1cccc(N2CC(CNS(C)(=O)=O)OC2=O)c1. The third-order valence-corrected chi connectivity index (χ3v) is 3.45. The second-order valence-electron chi connectivity index (χ2n) is 4.58. The van der Waals surface area contributed by atoms with E-state index in [1.807, 2.05) is 31.2 Å². The van der Waals surface area contributed by atoms with Gasteiger partial charge >= 0.3 is 6.09 Å². The first-order chi connectivity index (χ1) is 8.85. The van der Waals surface area contributed by atoms with Crippen LogP contribution in [0.2, 0.25) is 0 Å². The summed E-state index contributed by atoms with van der Waals surface area (Å²) in [6, 6.07) is 7.50. The molecule has 7 heteroatoms. The van der Waals surface area contributed by atoms with Crippen LogP contribution in [0.3, 0.4) is 0 Å². The summed E-state index contributed by atoms with van der Waals surface area (Å²) in [4.78, 5) is 13.2. The molecule has 1 N–H and O–H groups in total. The fraction of sp³-hybridized carbons (Fsp3) is 0.417. The minimum atomic E-state index is -3.28. The van der Waals surface area contributed by atoms with Crippen LogP contribution in [0.1, 0.15) is 5.56 Å². The number of nitrogens with one attached hydrogen (secondary N) is 1. The molecule has 0 aliphatic carbocycles. The smallest absolute Gasteiger partial charge is 0.414 e. The van der Waals surface area contributed by atoms with E-state index < -0.39 is 22.2 Å². The summed E-state index contributed by atoms with van der Waals surface area (Å²) in [6.45, 7) is 2.37. The number of benzene rings is 1. The second kappa shape index (κ2) is 5.18. The van der Waals surface area contributed by atoms with E-state index in [1.165, 1.54) is 4.90 Å². The van der Waals surface area contributed by atoms with Gasteiger partial charge in [-0.15, -0.1) is 0 Å². The third kappa shape index (κ3) is 3.68. The largest absolute Gasteiger partial charge is 0.443 e. The Kier molecular flexibility index (Phi) is 3.77. The molecule has 1 aromatic rings. The van der Waals surface area contributed by atoms with Gasteiger partial charge < -0.3 is 4.74 Å². The van der Waals surface area contributed by atoms with Gasteiger partial charge in [0.1, 0.15) is 6.10 Å². The number of rotatable bonds is 4. The minimum absolute atomic E-state index is 0.0902. The van der Waals surface area contributed by atoms with E-state index in [0.29, 0.717) is 6.54 Å². The van der Waals surface area contributed by atoms with Crippen LogP contribution in [0.5, 0.6) is 0 Å². The van der Waals surface area contributed by atoms with Crippen molar-refractivity contribution in [3.63, 3.8) is 0 Å². The lowest BCUT2D eigenvalue weighted by Gasteiger charge is -2.13. The fourth-order valence-electron chi connectivity index (χ4n) is 1.88. The summed E-state index contributed by atoms with van der Waals surface area (Å²) in [7, 11) is -3.28. The number of hydrogen-bond donors (Lipinski definition) is 1. The van der Waals surface area contributed by atoms with Crippen molar-refractivity contribution in [2.24, 2.45) is 0 Å². The number of aryl methyl sites for hydroxylation is 1. The highest BCUT2D eigenvalue weighted by Crippen LogP contribution is 2.22. The number of hydrogen-bond acceptors (Lipinski definition) is 4. The van der Waals surface area contributed by atoms with Crippen LogP contribution in [-0.2, 0) is 14.8 Å². The van der Waals surface area contributed by atoms with Gasteiger partial charge in [0, 0.05) is 12.2 Å². The van der Waals surface area contributed by atoms with E-state index in [1.54, 1.807) is 0 Å². The number of anilines is 1. The molecule has 1 unspecified atom stereocenters. The molecule has 1 saturated heterocycles. The molecule has 1 heterocycles. The summed E-state index contributed by atoms with van der Waals surface area (Å²) >= 11 is 0. The Hall–Kier alpha value is -1.60. The van der Waals surface area contributed by atoms with E-state index in [-0.39, 0.29) is 6.54 Å². The molecule has 1 atom stereocenters. The molecule has 1 aromatic carbocycles. The number of cyclic esters (lactones) is 1. The zero-order valence-electron chi connectivity index (χ0n) is 10.8. The highest BCUT2D eigenvalue weighted by molar-refractivity contribution is 7.88. The van der Waals surface area contributed by atoms with Gasteiger partial charge in [-0.25, -0.2) is 17.9 Å². The number of carbonyl (C=O) groups is 1. The van der Waals surface area contributed by atoms with Crippen molar-refractivity contribution in [1.82, 2.24) is 4.72 Å². The number of carbonyl (C=O) groups excluding carboxylic acids is 1. The van der Waals surface area contributed by atoms with Crippen molar-refractivity contribution in [3.8, 4) is 0 Å². The monoisotopic (exact) mass is 284 g/mol. The first kappa shape index (κ1) is 13.8. The van der Waals surface area contributed by atoms with Gasteiger partial charge in [-0.1, -0.05) is 12.1 Å². The lowest BCUT2D eigenvalue weighted by atomic mass is 10.2. The van der Waals surface area contributed by atoms with Gasteiger partial charge in [-0.3, -0.25) is 4.90 Å². The predicted molar refractivity (Wildman–Crippen MR) is 71.6 cm³/mol. The summed E-state index contributed by atoms with van der Waals surface area (Å²) in [6.07, 6.45) is 0.149. The molecule has 0 aromatic heterocycles. The summed E-state index contributed by atoms with van der Waals surface area (Å²) in [5, 5.41) is 0. The van der Waals surface area contributed by atoms with E-state index in [9.17, 15) is 13.2 Å². The minimum Gasteiger partial charge on any atom is -0.443 e. The zero-order valence-corrected chi connectivity index (χ0v) is 11.6. The molecule has 1 aliphatic heterocycles. The Morgan fingerprint density at radius 3 is 2.84 bits per heavy atom. The van der Waals surface area contributed by atoms with Crippen LogP contribution in [0.25, 0.3) is 0 Å². The van der Waals surface area contributed by atoms with Crippen LogP contribution >= 0.6 is 0 Å². The van der Waals surface area contributed by atoms with Gasteiger partial charge in [-0.05, 0) is 24.6 Å². The molecule has 0 saturated carbocycles. The summed E-state index contributed by atoms with van der Waals surface area (Å²) in [5.74, 6) is 0. The van der Waals surface area contributed by atoms with Crippen LogP contribution < -0.4 is 9.62 Å². The van der Waals surface area contributed by atoms with Crippen molar-refractivity contribution in [2.75, 3.05) is 24.2 Å². The van der Waals surface area contributed by atoms with E-state index >= 15 is 0 Å². The Morgan fingerprint density at radius 1 is 1.47 bits per heavy atom. The molecule has 19 heavy (non-hydrogen) atoms. The van der Waals surface area contributed by atoms with Crippen molar-refractivity contribution in [2.45, 2.75) is 13.0 Å². The number of amides is 1. The van der Waals surface area contributed by atoms with Crippen LogP contribution in [-0.4, -0.2) is 40.0 Å². The quantitative estimate of drug-likeness (QED) is 0.890. The molecule has 0 radical (unpaired) electrons. The first-order valence-corrected chi connectivity index (χ1v) is 7.74. The lowest BCUT2D eigenvalue weighted by molar-refractivity contribution is 0.143. The number of sulfonamides is 1. The van der Waals surface area contributed by atoms with E-state index in [0.717, 1.165) is 17.5 Å². The molecular weight excluding hydrogens is 268 g/mol. The van der Waals surface area contributed by atoms with Gasteiger partial charge in [0.25, 0.3) is 0 Å². The average Bonchev–Trinajstić information content (AvgIpc) is 2.67. The second-order valence-corrected chi connectivity index (χ2v) is 6.41. The van der Waals surface area contributed by atoms with Crippen molar-refractivity contribution < 1.29 is 17.9 Å². The molecule has 2 rings (SSSR count). The maximum absolute atomic E-state index is 11.7. The van der Waals surface area contributed by atoms with Gasteiger partial charge in [-0.2, -0.15) is 0 Å². The van der Waals surface area contributed by atoms with Crippen LogP contribution in [0, 0.1) is 6.92 Å². The highest BCUT2D eigenvalue weighted by atomic mass is 32.2. The fourth-order valence-corrected chi connectivity index (χ4v) is 2.37. The maximum Gasteiger partial charge on any atom is 0.414 e. The predicted octanol–water partition coefficient (Wildman–Crippen LogP) is 0.869. The van der Waals surface area contributed by atoms with Crippen molar-refractivity contribution in [3.05, 3.63) is 29.8 Å². The molecule has 1 fully saturated rings. The molecule has 1 aliphatic rings. The van der Waals surface area contributed by atoms with Gasteiger partial charge in [0.2, 0.25) is 10.0 Å². The number of ether oxygens (including phenoxy) is 1. The first-order valence-electron chi connectivity index (χ1n) is 5.84. The van der Waals surface area contributed by atoms with E-state index in [2.05, 4.69) is 4.72 Å². The summed E-state index contributed by atoms with van der Waals surface area (Å²) < 4.78 is 29.5. The Morgan fingerprint density at radius 2 is 2.21 bits per heavy atom. The van der Waals surface area contributed by atoms with Gasteiger partial charge in [0.05, 0.1) is 12.8 Å². The topological polar surface area (TPSA) is 75.7 Å². The molecule has 0 bridgehead atoms. The average molecular weight is 284 g/mol. The molecule has 6 nitrogen and oxygen atoms in total. The maximum atomic E-state index is 11.7. The van der Waals surface area contributed by atoms with E-state index in [4.69, 9.17) is 4.74 Å². The molecular formula is C12H16N2O4S. The van der Waals surface area contributed by atoms with Crippen LogP contribution in [0.4, 0.5) is 10.5 Å². The Balaban J connectivity index is 2.04. The third-order valence-electron chi connectivity index (χ3n) is 2.76.